The normalized spacial score (nSPS) is 27.1. The highest BCUT2D eigenvalue weighted by Crippen LogP contribution is 2.53. The molecule has 0 fully saturated rings. The Morgan fingerprint density at radius 2 is 1.93 bits per heavy atom. The van der Waals surface area contributed by atoms with Crippen molar-refractivity contribution < 1.29 is 14.7 Å². The van der Waals surface area contributed by atoms with Gasteiger partial charge >= 0.3 is 0 Å². The van der Waals surface area contributed by atoms with Crippen LogP contribution in [0.4, 0.5) is 5.69 Å². The second kappa shape index (κ2) is 5.60. The summed E-state index contributed by atoms with van der Waals surface area (Å²) in [4.78, 5) is 0. The fourth-order valence-corrected chi connectivity index (χ4v) is 5.11. The molecular formula is C24H30NO2+. The van der Waals surface area contributed by atoms with Crippen LogP contribution in [0.3, 0.4) is 0 Å². The first-order chi connectivity index (χ1) is 12.6. The Bertz CT molecular complexity index is 943. The summed E-state index contributed by atoms with van der Waals surface area (Å²) < 4.78 is 7.75. The molecule has 0 amide bonds. The molecule has 1 unspecified atom stereocenters. The summed E-state index contributed by atoms with van der Waals surface area (Å²) in [6, 6.07) is 4.15. The molecule has 3 nitrogen and oxygen atoms in total. The Balaban J connectivity index is 1.88. The molecule has 2 aliphatic heterocycles. The molecule has 2 heterocycles. The molecule has 27 heavy (non-hydrogen) atoms. The molecule has 0 radical (unpaired) electrons. The zero-order chi connectivity index (χ0) is 19.6. The van der Waals surface area contributed by atoms with Crippen molar-refractivity contribution in [2.75, 3.05) is 0 Å². The molecule has 3 aliphatic rings. The predicted octanol–water partition coefficient (Wildman–Crippen LogP) is 6.14. The second-order valence-corrected chi connectivity index (χ2v) is 9.66. The van der Waals surface area contributed by atoms with Crippen molar-refractivity contribution in [1.82, 2.24) is 0 Å². The molecule has 4 rings (SSSR count). The molecule has 0 saturated heterocycles. The van der Waals surface area contributed by atoms with Gasteiger partial charge in [-0.3, -0.25) is 5.21 Å². The summed E-state index contributed by atoms with van der Waals surface area (Å²) in [7, 11) is 0. The average molecular weight is 365 g/mol. The van der Waals surface area contributed by atoms with E-state index in [9.17, 15) is 5.21 Å². The highest BCUT2D eigenvalue weighted by atomic mass is 16.5. The summed E-state index contributed by atoms with van der Waals surface area (Å²) in [6.45, 7) is 13.1. The molecule has 142 valence electrons. The molecule has 1 N–H and O–H groups in total. The van der Waals surface area contributed by atoms with E-state index in [1.165, 1.54) is 4.74 Å². The SMILES string of the molecule is C/C=C/CC1(C)C=Cc2c(ccc3c2[N+](O)=C2C3=CC(C)(C)CC2(C)C)O1. The smallest absolute Gasteiger partial charge is 0.276 e. The van der Waals surface area contributed by atoms with E-state index < -0.39 is 0 Å². The van der Waals surface area contributed by atoms with Gasteiger partial charge in [-0.05, 0) is 63.8 Å². The Kier molecular flexibility index (Phi) is 3.76. The van der Waals surface area contributed by atoms with Gasteiger partial charge in [-0.1, -0.05) is 32.1 Å². The molecule has 0 bridgehead atoms. The first kappa shape index (κ1) is 18.1. The maximum atomic E-state index is 11.2. The summed E-state index contributed by atoms with van der Waals surface area (Å²) >= 11 is 0. The third kappa shape index (κ3) is 2.75. The van der Waals surface area contributed by atoms with Gasteiger partial charge in [0.25, 0.3) is 5.69 Å². The van der Waals surface area contributed by atoms with Crippen LogP contribution < -0.4 is 4.74 Å². The van der Waals surface area contributed by atoms with Crippen molar-refractivity contribution in [3.05, 3.63) is 47.6 Å². The standard InChI is InChI=1S/C24H30NO2/c1-7-8-12-24(6)13-11-17-19(27-24)10-9-16-18-14-22(2,3)15-23(4,5)21(18)25(26)20(16)17/h7-11,13-14,26H,12,15H2,1-6H3/q+1/b8-7+. The maximum Gasteiger partial charge on any atom is 0.276 e. The Morgan fingerprint density at radius 3 is 2.63 bits per heavy atom. The van der Waals surface area contributed by atoms with Crippen molar-refractivity contribution in [2.24, 2.45) is 10.8 Å². The van der Waals surface area contributed by atoms with E-state index in [0.717, 1.165) is 46.7 Å². The summed E-state index contributed by atoms with van der Waals surface area (Å²) in [6.07, 6.45) is 12.5. The lowest BCUT2D eigenvalue weighted by Gasteiger charge is -2.35. The van der Waals surface area contributed by atoms with Gasteiger partial charge < -0.3 is 4.74 Å². The largest absolute Gasteiger partial charge is 0.482 e. The van der Waals surface area contributed by atoms with Crippen LogP contribution in [0, 0.1) is 10.8 Å². The van der Waals surface area contributed by atoms with E-state index in [1.54, 1.807) is 0 Å². The lowest BCUT2D eigenvalue weighted by Crippen LogP contribution is -2.37. The molecule has 3 heteroatoms. The summed E-state index contributed by atoms with van der Waals surface area (Å²) in [5, 5.41) is 11.2. The zero-order valence-corrected chi connectivity index (χ0v) is 17.3. The number of hydrogen-bond donors (Lipinski definition) is 1. The van der Waals surface area contributed by atoms with E-state index in [0.29, 0.717) is 0 Å². The average Bonchev–Trinajstić information content (AvgIpc) is 2.84. The minimum absolute atomic E-state index is 0.0953. The number of allylic oxidation sites excluding steroid dienone is 3. The van der Waals surface area contributed by atoms with Crippen molar-refractivity contribution in [3.63, 3.8) is 0 Å². The van der Waals surface area contributed by atoms with Crippen LogP contribution in [0.25, 0.3) is 11.6 Å². The first-order valence-corrected chi connectivity index (χ1v) is 9.83. The van der Waals surface area contributed by atoms with Gasteiger partial charge in [-0.25, -0.2) is 0 Å². The minimum Gasteiger partial charge on any atom is -0.482 e. The lowest BCUT2D eigenvalue weighted by atomic mass is 9.65. The monoisotopic (exact) mass is 364 g/mol. The Labute approximate surface area is 162 Å². The molecule has 1 aromatic carbocycles. The molecule has 0 spiro atoms. The first-order valence-electron chi connectivity index (χ1n) is 9.83. The van der Waals surface area contributed by atoms with Gasteiger partial charge in [0.05, 0.1) is 22.1 Å². The van der Waals surface area contributed by atoms with Crippen molar-refractivity contribution >= 4 is 23.0 Å². The van der Waals surface area contributed by atoms with Crippen LogP contribution in [0.15, 0.2) is 36.4 Å². The highest BCUT2D eigenvalue weighted by molar-refractivity contribution is 6.28. The third-order valence-electron chi connectivity index (χ3n) is 5.92. The van der Waals surface area contributed by atoms with E-state index in [1.807, 2.05) is 13.0 Å². The Morgan fingerprint density at radius 1 is 1.19 bits per heavy atom. The summed E-state index contributed by atoms with van der Waals surface area (Å²) in [5.74, 6) is 0.833. The van der Waals surface area contributed by atoms with Gasteiger partial charge in [0.2, 0.25) is 5.71 Å². The number of fused-ring (bicyclic) bond motifs is 5. The Hall–Kier alpha value is -2.29. The number of rotatable bonds is 2. The molecule has 0 saturated carbocycles. The number of ether oxygens (including phenoxy) is 1. The molecule has 1 aliphatic carbocycles. The molecular weight excluding hydrogens is 334 g/mol. The van der Waals surface area contributed by atoms with Gasteiger partial charge in [0.1, 0.15) is 11.4 Å². The van der Waals surface area contributed by atoms with E-state index in [-0.39, 0.29) is 16.4 Å². The van der Waals surface area contributed by atoms with Crippen LogP contribution in [0.5, 0.6) is 5.75 Å². The van der Waals surface area contributed by atoms with E-state index in [2.05, 4.69) is 71.1 Å². The van der Waals surface area contributed by atoms with Crippen molar-refractivity contribution in [3.8, 4) is 5.75 Å². The highest BCUT2D eigenvalue weighted by Gasteiger charge is 2.52. The van der Waals surface area contributed by atoms with Gasteiger partial charge in [-0.15, -0.1) is 0 Å². The second-order valence-electron chi connectivity index (χ2n) is 9.66. The fraction of sp³-hybridized carbons (Fsp3) is 0.458. The number of nitrogens with zero attached hydrogens (tertiary/aromatic N) is 1. The minimum atomic E-state index is -0.354. The molecule has 1 aromatic rings. The van der Waals surface area contributed by atoms with Gasteiger partial charge in [-0.2, -0.15) is 0 Å². The number of benzene rings is 1. The van der Waals surface area contributed by atoms with Crippen LogP contribution in [0.1, 0.15) is 65.5 Å². The maximum absolute atomic E-state index is 11.2. The van der Waals surface area contributed by atoms with Crippen molar-refractivity contribution in [1.29, 1.82) is 0 Å². The van der Waals surface area contributed by atoms with Crippen LogP contribution in [-0.4, -0.2) is 21.3 Å². The third-order valence-corrected chi connectivity index (χ3v) is 5.92. The van der Waals surface area contributed by atoms with Gasteiger partial charge in [0, 0.05) is 11.2 Å². The number of hydrogen-bond acceptors (Lipinski definition) is 2. The molecule has 1 atom stereocenters. The van der Waals surface area contributed by atoms with E-state index in [4.69, 9.17) is 4.74 Å². The quantitative estimate of drug-likeness (QED) is 0.388. The van der Waals surface area contributed by atoms with Crippen LogP contribution in [-0.2, 0) is 0 Å². The zero-order valence-electron chi connectivity index (χ0n) is 17.3. The van der Waals surface area contributed by atoms with Gasteiger partial charge in [0.15, 0.2) is 0 Å². The molecule has 0 aromatic heterocycles. The van der Waals surface area contributed by atoms with E-state index >= 15 is 0 Å². The van der Waals surface area contributed by atoms with Crippen LogP contribution >= 0.6 is 0 Å². The predicted molar refractivity (Wildman–Crippen MR) is 111 cm³/mol. The fourth-order valence-electron chi connectivity index (χ4n) is 5.11. The van der Waals surface area contributed by atoms with Crippen LogP contribution in [0.2, 0.25) is 0 Å². The van der Waals surface area contributed by atoms with Crippen molar-refractivity contribution in [2.45, 2.75) is 60.0 Å². The summed E-state index contributed by atoms with van der Waals surface area (Å²) in [5.41, 5.74) is 4.71. The lowest BCUT2D eigenvalue weighted by molar-refractivity contribution is -0.712. The topological polar surface area (TPSA) is 32.5 Å².